The minimum absolute atomic E-state index is 0.114. The smallest absolute Gasteiger partial charge is 0.315 e. The van der Waals surface area contributed by atoms with Gasteiger partial charge in [0.15, 0.2) is 0 Å². The maximum absolute atomic E-state index is 11.8. The minimum Gasteiger partial charge on any atom is -0.338 e. The van der Waals surface area contributed by atoms with Gasteiger partial charge in [0.2, 0.25) is 0 Å². The molecule has 2 atom stereocenters. The first kappa shape index (κ1) is 14.3. The fraction of sp³-hybridized carbons (Fsp3) is 0.688. The molecular formula is C16H24N4O. The molecule has 0 unspecified atom stereocenters. The van der Waals surface area contributed by atoms with E-state index in [0.717, 1.165) is 18.4 Å². The molecule has 1 aromatic heterocycles. The van der Waals surface area contributed by atoms with Gasteiger partial charge in [-0.15, -0.1) is 0 Å². The Morgan fingerprint density at radius 3 is 2.67 bits per heavy atom. The van der Waals surface area contributed by atoms with Crippen molar-refractivity contribution in [3.8, 4) is 0 Å². The van der Waals surface area contributed by atoms with E-state index < -0.39 is 0 Å². The van der Waals surface area contributed by atoms with Gasteiger partial charge in [-0.25, -0.2) is 14.8 Å². The number of nitrogens with zero attached hydrogens (tertiary/aromatic N) is 2. The first-order valence-corrected chi connectivity index (χ1v) is 8.10. The van der Waals surface area contributed by atoms with Gasteiger partial charge in [0, 0.05) is 18.9 Å². The zero-order valence-electron chi connectivity index (χ0n) is 12.4. The van der Waals surface area contributed by atoms with Gasteiger partial charge < -0.3 is 10.6 Å². The molecule has 0 radical (unpaired) electrons. The van der Waals surface area contributed by atoms with E-state index in [9.17, 15) is 4.79 Å². The average molecular weight is 288 g/mol. The highest BCUT2D eigenvalue weighted by molar-refractivity contribution is 5.73. The van der Waals surface area contributed by atoms with E-state index in [1.807, 2.05) is 0 Å². The summed E-state index contributed by atoms with van der Waals surface area (Å²) in [4.78, 5) is 19.9. The highest BCUT2D eigenvalue weighted by atomic mass is 16.2. The summed E-state index contributed by atoms with van der Waals surface area (Å²) in [7, 11) is 0. The lowest BCUT2D eigenvalue weighted by Gasteiger charge is -2.21. The summed E-state index contributed by atoms with van der Waals surface area (Å²) >= 11 is 0. The van der Waals surface area contributed by atoms with Gasteiger partial charge in [0.05, 0.1) is 6.54 Å². The van der Waals surface area contributed by atoms with Crippen LogP contribution in [0.25, 0.3) is 0 Å². The van der Waals surface area contributed by atoms with Gasteiger partial charge in [-0.05, 0) is 30.2 Å². The first-order chi connectivity index (χ1) is 10.3. The minimum atomic E-state index is -0.114. The number of rotatable bonds is 5. The summed E-state index contributed by atoms with van der Waals surface area (Å²) in [6, 6.07) is 1.65. The Hall–Kier alpha value is -1.65. The third kappa shape index (κ3) is 4.16. The summed E-state index contributed by atoms with van der Waals surface area (Å²) in [5.41, 5.74) is 0. The van der Waals surface area contributed by atoms with Crippen molar-refractivity contribution in [2.75, 3.05) is 6.54 Å². The maximum atomic E-state index is 11.8. The van der Waals surface area contributed by atoms with E-state index in [4.69, 9.17) is 0 Å². The molecule has 21 heavy (non-hydrogen) atoms. The summed E-state index contributed by atoms with van der Waals surface area (Å²) < 4.78 is 0. The van der Waals surface area contributed by atoms with Crippen molar-refractivity contribution < 1.29 is 4.79 Å². The SMILES string of the molecule is O=C(NCc1ncccn1)NC[C@H]1C[C@@H]1C1CCCCC1. The molecule has 2 aliphatic rings. The third-order valence-corrected chi connectivity index (χ3v) is 4.78. The number of aromatic nitrogens is 2. The van der Waals surface area contributed by atoms with Gasteiger partial charge in [0.25, 0.3) is 0 Å². The van der Waals surface area contributed by atoms with Gasteiger partial charge in [-0.3, -0.25) is 0 Å². The van der Waals surface area contributed by atoms with Gasteiger partial charge >= 0.3 is 6.03 Å². The Morgan fingerprint density at radius 2 is 1.90 bits per heavy atom. The summed E-state index contributed by atoms with van der Waals surface area (Å²) in [5, 5.41) is 5.78. The third-order valence-electron chi connectivity index (χ3n) is 4.78. The van der Waals surface area contributed by atoms with Crippen LogP contribution in [0, 0.1) is 17.8 Å². The van der Waals surface area contributed by atoms with Crippen LogP contribution >= 0.6 is 0 Å². The molecule has 2 N–H and O–H groups in total. The van der Waals surface area contributed by atoms with Crippen molar-refractivity contribution in [3.05, 3.63) is 24.3 Å². The molecule has 114 valence electrons. The molecule has 1 heterocycles. The van der Waals surface area contributed by atoms with Crippen molar-refractivity contribution in [2.45, 2.75) is 45.1 Å². The lowest BCUT2D eigenvalue weighted by Crippen LogP contribution is -2.36. The van der Waals surface area contributed by atoms with Gasteiger partial charge in [-0.2, -0.15) is 0 Å². The van der Waals surface area contributed by atoms with Crippen LogP contribution in [0.3, 0.4) is 0 Å². The molecule has 3 rings (SSSR count). The standard InChI is InChI=1S/C16H24N4O/c21-16(20-11-15-17-7-4-8-18-15)19-10-13-9-14(13)12-5-2-1-3-6-12/h4,7-8,12-14H,1-3,5-6,9-11H2,(H2,19,20,21)/t13-,14-/m1/s1. The van der Waals surface area contributed by atoms with Crippen LogP contribution < -0.4 is 10.6 Å². The van der Waals surface area contributed by atoms with Crippen molar-refractivity contribution >= 4 is 6.03 Å². The fourth-order valence-electron chi connectivity index (χ4n) is 3.51. The van der Waals surface area contributed by atoms with Crippen LogP contribution in [-0.2, 0) is 6.54 Å². The predicted octanol–water partition coefficient (Wildman–Crippen LogP) is 2.49. The largest absolute Gasteiger partial charge is 0.338 e. The van der Waals surface area contributed by atoms with Crippen molar-refractivity contribution in [1.29, 1.82) is 0 Å². The second-order valence-electron chi connectivity index (χ2n) is 6.29. The number of hydrogen-bond acceptors (Lipinski definition) is 3. The molecule has 2 fully saturated rings. The van der Waals surface area contributed by atoms with E-state index in [1.165, 1.54) is 38.5 Å². The van der Waals surface area contributed by atoms with E-state index >= 15 is 0 Å². The number of urea groups is 1. The van der Waals surface area contributed by atoms with Gasteiger partial charge in [0.1, 0.15) is 5.82 Å². The second-order valence-corrected chi connectivity index (χ2v) is 6.29. The predicted molar refractivity (Wildman–Crippen MR) is 80.4 cm³/mol. The zero-order valence-corrected chi connectivity index (χ0v) is 12.4. The average Bonchev–Trinajstić information content (AvgIpc) is 3.32. The van der Waals surface area contributed by atoms with Crippen LogP contribution in [0.1, 0.15) is 44.3 Å². The molecule has 2 aliphatic carbocycles. The Morgan fingerprint density at radius 1 is 1.14 bits per heavy atom. The van der Waals surface area contributed by atoms with Crippen LogP contribution in [0.4, 0.5) is 4.79 Å². The molecule has 0 spiro atoms. The summed E-state index contributed by atoms with van der Waals surface area (Å²) in [5.74, 6) is 3.13. The van der Waals surface area contributed by atoms with Crippen molar-refractivity contribution in [1.82, 2.24) is 20.6 Å². The number of nitrogens with one attached hydrogen (secondary N) is 2. The van der Waals surface area contributed by atoms with Crippen LogP contribution in [0.2, 0.25) is 0 Å². The molecule has 0 bridgehead atoms. The molecule has 5 nitrogen and oxygen atoms in total. The normalized spacial score (nSPS) is 25.3. The van der Waals surface area contributed by atoms with E-state index in [1.54, 1.807) is 18.5 Å². The van der Waals surface area contributed by atoms with E-state index in [2.05, 4.69) is 20.6 Å². The first-order valence-electron chi connectivity index (χ1n) is 8.10. The van der Waals surface area contributed by atoms with Crippen LogP contribution in [0.15, 0.2) is 18.5 Å². The molecule has 1 aromatic rings. The summed E-state index contributed by atoms with van der Waals surface area (Å²) in [6.07, 6.45) is 11.7. The number of carbonyl (C=O) groups is 1. The van der Waals surface area contributed by atoms with E-state index in [0.29, 0.717) is 18.3 Å². The maximum Gasteiger partial charge on any atom is 0.315 e. The Labute approximate surface area is 125 Å². The molecular weight excluding hydrogens is 264 g/mol. The summed E-state index contributed by atoms with van der Waals surface area (Å²) in [6.45, 7) is 1.19. The topological polar surface area (TPSA) is 66.9 Å². The molecule has 2 amide bonds. The highest BCUT2D eigenvalue weighted by Crippen LogP contribution is 2.48. The van der Waals surface area contributed by atoms with Crippen molar-refractivity contribution in [3.63, 3.8) is 0 Å². The quantitative estimate of drug-likeness (QED) is 0.874. The van der Waals surface area contributed by atoms with Crippen LogP contribution in [0.5, 0.6) is 0 Å². The number of amides is 2. The van der Waals surface area contributed by atoms with E-state index in [-0.39, 0.29) is 6.03 Å². The highest BCUT2D eigenvalue weighted by Gasteiger charge is 2.42. The number of hydrogen-bond donors (Lipinski definition) is 2. The monoisotopic (exact) mass is 288 g/mol. The molecule has 0 saturated heterocycles. The second kappa shape index (κ2) is 6.87. The lowest BCUT2D eigenvalue weighted by atomic mass is 9.85. The van der Waals surface area contributed by atoms with Crippen molar-refractivity contribution in [2.24, 2.45) is 17.8 Å². The lowest BCUT2D eigenvalue weighted by molar-refractivity contribution is 0.238. The molecule has 0 aliphatic heterocycles. The molecule has 5 heteroatoms. The molecule has 2 saturated carbocycles. The van der Waals surface area contributed by atoms with Gasteiger partial charge in [-0.1, -0.05) is 32.1 Å². The Kier molecular flexibility index (Phi) is 4.68. The Bertz CT molecular complexity index is 459. The zero-order chi connectivity index (χ0) is 14.5. The molecule has 0 aromatic carbocycles. The Balaban J connectivity index is 1.32. The number of carbonyl (C=O) groups excluding carboxylic acids is 1. The van der Waals surface area contributed by atoms with Crippen LogP contribution in [-0.4, -0.2) is 22.5 Å². The fourth-order valence-corrected chi connectivity index (χ4v) is 3.51.